The minimum atomic E-state index is -0.0797. The standard InChI is InChI=1S/C17H17N5O2S/c1-10(23)11-4-6-13(7-5-11)18-14(24)8-9-15-21-22-16(12-2-3-12)19-20-17(22)25-15/h4-7,12H,2-3,8-9H2,1H3,(H,18,24). The van der Waals surface area contributed by atoms with Gasteiger partial charge >= 0.3 is 0 Å². The molecule has 2 heterocycles. The van der Waals surface area contributed by atoms with E-state index in [4.69, 9.17) is 0 Å². The molecule has 1 aromatic carbocycles. The molecule has 1 amide bonds. The zero-order chi connectivity index (χ0) is 17.4. The van der Waals surface area contributed by atoms with Gasteiger partial charge in [0.2, 0.25) is 10.9 Å². The van der Waals surface area contributed by atoms with Crippen molar-refractivity contribution in [3.63, 3.8) is 0 Å². The summed E-state index contributed by atoms with van der Waals surface area (Å²) >= 11 is 1.48. The molecule has 0 radical (unpaired) electrons. The maximum absolute atomic E-state index is 12.1. The van der Waals surface area contributed by atoms with Crippen LogP contribution in [-0.2, 0) is 11.2 Å². The van der Waals surface area contributed by atoms with Gasteiger partial charge in [-0.3, -0.25) is 9.59 Å². The first-order valence-electron chi connectivity index (χ1n) is 8.22. The van der Waals surface area contributed by atoms with Crippen molar-refractivity contribution in [2.24, 2.45) is 0 Å². The summed E-state index contributed by atoms with van der Waals surface area (Å²) in [5.74, 6) is 1.36. The van der Waals surface area contributed by atoms with E-state index >= 15 is 0 Å². The zero-order valence-corrected chi connectivity index (χ0v) is 14.5. The number of benzene rings is 1. The van der Waals surface area contributed by atoms with Crippen molar-refractivity contribution in [3.05, 3.63) is 40.7 Å². The lowest BCUT2D eigenvalue weighted by Gasteiger charge is -2.05. The van der Waals surface area contributed by atoms with Gasteiger partial charge in [0.1, 0.15) is 5.01 Å². The van der Waals surface area contributed by atoms with E-state index in [1.165, 1.54) is 18.3 Å². The molecule has 0 atom stereocenters. The topological polar surface area (TPSA) is 89.2 Å². The molecule has 0 bridgehead atoms. The van der Waals surface area contributed by atoms with E-state index in [-0.39, 0.29) is 11.7 Å². The van der Waals surface area contributed by atoms with Gasteiger partial charge in [0.15, 0.2) is 11.6 Å². The number of rotatable bonds is 6. The number of nitrogens with one attached hydrogen (secondary N) is 1. The normalized spacial score (nSPS) is 14.0. The molecule has 1 fully saturated rings. The summed E-state index contributed by atoms with van der Waals surface area (Å²) in [6, 6.07) is 6.89. The van der Waals surface area contributed by atoms with Gasteiger partial charge in [0, 0.05) is 30.0 Å². The maximum atomic E-state index is 12.1. The predicted octanol–water partition coefficient (Wildman–Crippen LogP) is 2.84. The van der Waals surface area contributed by atoms with Crippen LogP contribution in [0.1, 0.15) is 53.3 Å². The molecule has 0 unspecified atom stereocenters. The minimum Gasteiger partial charge on any atom is -0.326 e. The smallest absolute Gasteiger partial charge is 0.234 e. The van der Waals surface area contributed by atoms with Crippen molar-refractivity contribution < 1.29 is 9.59 Å². The Hall–Kier alpha value is -2.61. The third-order valence-corrected chi connectivity index (χ3v) is 5.10. The third-order valence-electron chi connectivity index (χ3n) is 4.14. The molecule has 1 aliphatic rings. The van der Waals surface area contributed by atoms with Gasteiger partial charge in [-0.25, -0.2) is 0 Å². The van der Waals surface area contributed by atoms with E-state index < -0.39 is 0 Å². The Balaban J connectivity index is 1.36. The Morgan fingerprint density at radius 2 is 2.00 bits per heavy atom. The number of hydrogen-bond acceptors (Lipinski definition) is 6. The van der Waals surface area contributed by atoms with E-state index in [1.807, 2.05) is 4.52 Å². The van der Waals surface area contributed by atoms with E-state index in [1.54, 1.807) is 24.3 Å². The Labute approximate surface area is 148 Å². The highest BCUT2D eigenvalue weighted by molar-refractivity contribution is 7.16. The average molecular weight is 355 g/mol. The summed E-state index contributed by atoms with van der Waals surface area (Å²) in [6.45, 7) is 1.52. The third kappa shape index (κ3) is 3.43. The Morgan fingerprint density at radius 3 is 2.68 bits per heavy atom. The fourth-order valence-electron chi connectivity index (χ4n) is 2.60. The van der Waals surface area contributed by atoms with Crippen LogP contribution in [0.3, 0.4) is 0 Å². The molecule has 0 saturated heterocycles. The SMILES string of the molecule is CC(=O)c1ccc(NC(=O)CCc2nn3c(C4CC4)nnc3s2)cc1. The Morgan fingerprint density at radius 1 is 1.24 bits per heavy atom. The lowest BCUT2D eigenvalue weighted by molar-refractivity contribution is -0.116. The van der Waals surface area contributed by atoms with Gasteiger partial charge in [-0.1, -0.05) is 11.3 Å². The number of fused-ring (bicyclic) bond motifs is 1. The number of anilines is 1. The number of hydrogen-bond donors (Lipinski definition) is 1. The number of ketones is 1. The van der Waals surface area contributed by atoms with Gasteiger partial charge in [0.25, 0.3) is 0 Å². The first-order chi connectivity index (χ1) is 12.1. The van der Waals surface area contributed by atoms with Crippen LogP contribution in [0, 0.1) is 0 Å². The van der Waals surface area contributed by atoms with Crippen LogP contribution in [0.25, 0.3) is 4.96 Å². The molecule has 1 saturated carbocycles. The number of aromatic nitrogens is 4. The molecular formula is C17H17N5O2S. The van der Waals surface area contributed by atoms with Gasteiger partial charge in [-0.05, 0) is 44.0 Å². The molecule has 4 rings (SSSR count). The summed E-state index contributed by atoms with van der Waals surface area (Å²) in [5.41, 5.74) is 1.31. The van der Waals surface area contributed by atoms with E-state index in [9.17, 15) is 9.59 Å². The molecule has 3 aromatic rings. The number of carbonyl (C=O) groups excluding carboxylic acids is 2. The molecule has 128 valence electrons. The second kappa shape index (κ2) is 6.36. The number of amides is 1. The highest BCUT2D eigenvalue weighted by Gasteiger charge is 2.30. The number of carbonyl (C=O) groups is 2. The van der Waals surface area contributed by atoms with E-state index in [0.717, 1.165) is 28.6 Å². The molecule has 25 heavy (non-hydrogen) atoms. The fourth-order valence-corrected chi connectivity index (χ4v) is 3.44. The fraction of sp³-hybridized carbons (Fsp3) is 0.353. The predicted molar refractivity (Wildman–Crippen MR) is 94.0 cm³/mol. The average Bonchev–Trinajstić information content (AvgIpc) is 3.23. The molecule has 1 N–H and O–H groups in total. The first-order valence-corrected chi connectivity index (χ1v) is 9.03. The van der Waals surface area contributed by atoms with Gasteiger partial charge in [0.05, 0.1) is 0 Å². The van der Waals surface area contributed by atoms with Crippen LogP contribution in [0.4, 0.5) is 5.69 Å². The summed E-state index contributed by atoms with van der Waals surface area (Å²) < 4.78 is 1.82. The maximum Gasteiger partial charge on any atom is 0.234 e. The monoisotopic (exact) mass is 355 g/mol. The summed E-state index contributed by atoms with van der Waals surface area (Å²) in [4.78, 5) is 24.2. The summed E-state index contributed by atoms with van der Waals surface area (Å²) in [5, 5.41) is 16.6. The van der Waals surface area contributed by atoms with Crippen LogP contribution < -0.4 is 5.32 Å². The summed E-state index contributed by atoms with van der Waals surface area (Å²) in [7, 11) is 0. The largest absolute Gasteiger partial charge is 0.326 e. The van der Waals surface area contributed by atoms with Gasteiger partial charge < -0.3 is 5.32 Å². The quantitative estimate of drug-likeness (QED) is 0.687. The zero-order valence-electron chi connectivity index (χ0n) is 13.7. The van der Waals surface area contributed by atoms with Crippen molar-refractivity contribution in [2.75, 3.05) is 5.32 Å². The van der Waals surface area contributed by atoms with Crippen LogP contribution in [0.2, 0.25) is 0 Å². The van der Waals surface area contributed by atoms with Gasteiger partial charge in [-0.2, -0.15) is 9.61 Å². The van der Waals surface area contributed by atoms with Crippen molar-refractivity contribution in [3.8, 4) is 0 Å². The van der Waals surface area contributed by atoms with E-state index in [0.29, 0.717) is 30.0 Å². The molecule has 0 spiro atoms. The van der Waals surface area contributed by atoms with Crippen molar-refractivity contribution in [2.45, 2.75) is 38.5 Å². The van der Waals surface area contributed by atoms with Crippen LogP contribution >= 0.6 is 11.3 Å². The van der Waals surface area contributed by atoms with Gasteiger partial charge in [-0.15, -0.1) is 10.2 Å². The van der Waals surface area contributed by atoms with Crippen molar-refractivity contribution >= 4 is 33.7 Å². The molecule has 2 aromatic heterocycles. The van der Waals surface area contributed by atoms with Crippen LogP contribution in [-0.4, -0.2) is 31.5 Å². The molecule has 0 aliphatic heterocycles. The minimum absolute atomic E-state index is 0.00622. The van der Waals surface area contributed by atoms with Crippen molar-refractivity contribution in [1.82, 2.24) is 19.8 Å². The lowest BCUT2D eigenvalue weighted by atomic mass is 10.1. The number of aryl methyl sites for hydroxylation is 1. The molecule has 1 aliphatic carbocycles. The van der Waals surface area contributed by atoms with Crippen LogP contribution in [0.5, 0.6) is 0 Å². The van der Waals surface area contributed by atoms with E-state index in [2.05, 4.69) is 20.6 Å². The molecular weight excluding hydrogens is 338 g/mol. The second-order valence-electron chi connectivity index (χ2n) is 6.20. The first kappa shape index (κ1) is 15.9. The highest BCUT2D eigenvalue weighted by atomic mass is 32.1. The summed E-state index contributed by atoms with van der Waals surface area (Å²) in [6.07, 6.45) is 3.21. The Bertz CT molecular complexity index is 940. The highest BCUT2D eigenvalue weighted by Crippen LogP contribution is 2.39. The van der Waals surface area contributed by atoms with Crippen molar-refractivity contribution in [1.29, 1.82) is 0 Å². The lowest BCUT2D eigenvalue weighted by Crippen LogP contribution is -2.12. The number of Topliss-reactive ketones (excluding diaryl/α,β-unsaturated/α-hetero) is 1. The number of nitrogens with zero attached hydrogens (tertiary/aromatic N) is 4. The molecule has 7 nitrogen and oxygen atoms in total. The van der Waals surface area contributed by atoms with Crippen LogP contribution in [0.15, 0.2) is 24.3 Å². The Kier molecular flexibility index (Phi) is 4.04. The molecule has 8 heteroatoms. The second-order valence-corrected chi connectivity index (χ2v) is 7.24.